The summed E-state index contributed by atoms with van der Waals surface area (Å²) >= 11 is 6.58. The molecule has 0 radical (unpaired) electrons. The molecule has 11 nitrogen and oxygen atoms in total. The van der Waals surface area contributed by atoms with Gasteiger partial charge >= 0.3 is 0 Å². The third-order valence-electron chi connectivity index (χ3n) is 7.24. The number of nitrogens with zero attached hydrogens (tertiary/aromatic N) is 4. The van der Waals surface area contributed by atoms with E-state index in [9.17, 15) is 13.2 Å². The molecular formula is C31H46ClN7O4S. The molecule has 0 bridgehead atoms. The topological polar surface area (TPSA) is 119 Å². The smallest absolute Gasteiger partial charge is 0.281 e. The molecule has 1 fully saturated rings. The van der Waals surface area contributed by atoms with Crippen molar-refractivity contribution in [3.05, 3.63) is 90.3 Å². The summed E-state index contributed by atoms with van der Waals surface area (Å²) in [6, 6.07) is 4.83. The Morgan fingerprint density at radius 3 is 2.50 bits per heavy atom. The first kappa shape index (κ1) is 36.9. The Kier molecular flexibility index (Phi) is 15.0. The predicted octanol–water partition coefficient (Wildman–Crippen LogP) is 2.94. The molecule has 3 N–H and O–H groups in total. The minimum absolute atomic E-state index is 0.0935. The minimum Gasteiger partial charge on any atom is -0.383 e. The second kappa shape index (κ2) is 17.9. The molecule has 242 valence electrons. The fourth-order valence-electron chi connectivity index (χ4n) is 5.28. The molecule has 1 aliphatic heterocycles. The Morgan fingerprint density at radius 1 is 1.25 bits per heavy atom. The fourth-order valence-corrected chi connectivity index (χ4v) is 6.53. The van der Waals surface area contributed by atoms with Gasteiger partial charge in [0.1, 0.15) is 6.61 Å². The van der Waals surface area contributed by atoms with E-state index in [1.165, 1.54) is 15.7 Å². The van der Waals surface area contributed by atoms with Gasteiger partial charge in [-0.15, -0.1) is 13.2 Å². The zero-order valence-electron chi connectivity index (χ0n) is 26.3. The summed E-state index contributed by atoms with van der Waals surface area (Å²) in [4.78, 5) is 19.0. The molecule has 1 unspecified atom stereocenters. The number of methoxy groups -OCH3 is 1. The molecule has 0 saturated carbocycles. The van der Waals surface area contributed by atoms with Crippen molar-refractivity contribution in [2.24, 2.45) is 4.99 Å². The normalized spacial score (nSPS) is 21.2. The van der Waals surface area contributed by atoms with Crippen LogP contribution in [0.2, 0.25) is 5.02 Å². The first-order chi connectivity index (χ1) is 21.1. The maximum atomic E-state index is 12.8. The van der Waals surface area contributed by atoms with E-state index in [2.05, 4.69) is 51.7 Å². The quantitative estimate of drug-likeness (QED) is 0.181. The maximum Gasteiger partial charge on any atom is 0.281 e. The molecule has 44 heavy (non-hydrogen) atoms. The minimum atomic E-state index is -3.52. The molecule has 3 atom stereocenters. The third kappa shape index (κ3) is 9.13. The van der Waals surface area contributed by atoms with Crippen LogP contribution in [-0.4, -0.2) is 107 Å². The highest BCUT2D eigenvalue weighted by atomic mass is 35.5. The molecule has 1 amide bonds. The highest BCUT2D eigenvalue weighted by Crippen LogP contribution is 2.41. The first-order valence-electron chi connectivity index (χ1n) is 14.2. The van der Waals surface area contributed by atoms with Crippen LogP contribution in [0.25, 0.3) is 5.57 Å². The van der Waals surface area contributed by atoms with Gasteiger partial charge in [-0.2, -0.15) is 17.0 Å². The van der Waals surface area contributed by atoms with Gasteiger partial charge in [0.2, 0.25) is 5.91 Å². The molecule has 13 heteroatoms. The van der Waals surface area contributed by atoms with Crippen LogP contribution >= 0.6 is 11.6 Å². The largest absolute Gasteiger partial charge is 0.383 e. The van der Waals surface area contributed by atoms with Crippen molar-refractivity contribution < 1.29 is 17.9 Å². The van der Waals surface area contributed by atoms with Crippen molar-refractivity contribution in [1.82, 2.24) is 29.5 Å². The van der Waals surface area contributed by atoms with Crippen molar-refractivity contribution in [2.45, 2.75) is 25.0 Å². The van der Waals surface area contributed by atoms with E-state index in [1.807, 2.05) is 37.3 Å². The van der Waals surface area contributed by atoms with Crippen LogP contribution in [0.15, 0.2) is 79.1 Å². The number of halogens is 1. The zero-order valence-corrected chi connectivity index (χ0v) is 27.9. The number of carbonyl (C=O) groups is 1. The Labute approximate surface area is 267 Å². The number of piperazine rings is 1. The van der Waals surface area contributed by atoms with Gasteiger partial charge < -0.3 is 20.7 Å². The van der Waals surface area contributed by atoms with Gasteiger partial charge in [0, 0.05) is 65.7 Å². The van der Waals surface area contributed by atoms with E-state index in [0.717, 1.165) is 22.3 Å². The van der Waals surface area contributed by atoms with Gasteiger partial charge in [0.05, 0.1) is 24.5 Å². The molecule has 0 spiro atoms. The number of nitrogens with one attached hydrogen (secondary N) is 3. The summed E-state index contributed by atoms with van der Waals surface area (Å²) in [5, 5.41) is 10.1. The maximum absolute atomic E-state index is 12.8. The molecule has 3 rings (SSSR count). The summed E-state index contributed by atoms with van der Waals surface area (Å²) in [7, 11) is 2.70. The van der Waals surface area contributed by atoms with E-state index in [4.69, 9.17) is 16.3 Å². The lowest BCUT2D eigenvalue weighted by atomic mass is 9.89. The number of hydrogen-bond donors (Lipinski definition) is 3. The number of hydrogen-bond acceptors (Lipinski definition) is 7. The van der Waals surface area contributed by atoms with Crippen LogP contribution in [0.1, 0.15) is 24.1 Å². The van der Waals surface area contributed by atoms with Crippen LogP contribution in [0.4, 0.5) is 0 Å². The summed E-state index contributed by atoms with van der Waals surface area (Å²) in [5.74, 6) is -0.275. The van der Waals surface area contributed by atoms with E-state index in [-0.39, 0.29) is 24.6 Å². The average molecular weight is 648 g/mol. The number of ether oxygens (including phenoxy) is 1. The van der Waals surface area contributed by atoms with Gasteiger partial charge in [0.25, 0.3) is 10.2 Å². The van der Waals surface area contributed by atoms with Crippen molar-refractivity contribution in [3.8, 4) is 0 Å². The fraction of sp³-hybridized carbons (Fsp3) is 0.419. The van der Waals surface area contributed by atoms with Gasteiger partial charge in [-0.3, -0.25) is 14.7 Å². The highest BCUT2D eigenvalue weighted by molar-refractivity contribution is 7.86. The molecule has 2 aliphatic rings. The van der Waals surface area contributed by atoms with Crippen LogP contribution in [0.3, 0.4) is 0 Å². The van der Waals surface area contributed by atoms with Gasteiger partial charge in [-0.1, -0.05) is 36.4 Å². The summed E-state index contributed by atoms with van der Waals surface area (Å²) in [5.41, 5.74) is 3.69. The summed E-state index contributed by atoms with van der Waals surface area (Å²) < 4.78 is 33.5. The Bertz CT molecular complexity index is 1350. The Balaban J connectivity index is 0.00000330. The van der Waals surface area contributed by atoms with Crippen LogP contribution in [-0.2, 0) is 19.7 Å². The Morgan fingerprint density at radius 2 is 1.93 bits per heavy atom. The van der Waals surface area contributed by atoms with Crippen LogP contribution in [0, 0.1) is 0 Å². The van der Waals surface area contributed by atoms with E-state index >= 15 is 0 Å². The standard InChI is InChI=1S/C29H42ClN7O4S.C2H4/c1-7-21-17-25(26(11-12-32-20-31-3)34-27(38)19-41-6)24-18-22(30)9-10-23(24)29(28(21)33-8-2)36-13-15-37(16-14-36)42(39,40)35(4)5;1-2/h7-12,17-18,20,26,28-29,33H,2,13-16,19H2,1,3-6H3,(H,31,32)(H,34,38);1-2H2/b12-11+,21-7-;/t26-,28?,29-;/m0./s1. The van der Waals surface area contributed by atoms with Gasteiger partial charge in [-0.25, -0.2) is 0 Å². The van der Waals surface area contributed by atoms with Crippen LogP contribution in [0.5, 0.6) is 0 Å². The number of carbonyl (C=O) groups excluding carboxylic acids is 1. The summed E-state index contributed by atoms with van der Waals surface area (Å²) in [6.45, 7) is 13.6. The lowest BCUT2D eigenvalue weighted by molar-refractivity contribution is -0.124. The van der Waals surface area contributed by atoms with Crippen molar-refractivity contribution in [3.63, 3.8) is 0 Å². The molecule has 0 aromatic heterocycles. The second-order valence-electron chi connectivity index (χ2n) is 10.0. The average Bonchev–Trinajstić information content (AvgIpc) is 3.14. The number of benzene rings is 1. The SMILES string of the molecule is C=C.C=CNC1/C(=C\C)C=C([C@H](/C=C/NC=NC)NC(=O)COC)c2cc(Cl)ccc2[C@@H]1N1CCN(S(=O)(=O)N(C)C)CC1. The number of fused-ring (bicyclic) bond motifs is 1. The highest BCUT2D eigenvalue weighted by Gasteiger charge is 2.39. The van der Waals surface area contributed by atoms with Gasteiger partial charge in [0.15, 0.2) is 0 Å². The Hall–Kier alpha value is -3.26. The lowest BCUT2D eigenvalue weighted by Crippen LogP contribution is -2.55. The first-order valence-corrected chi connectivity index (χ1v) is 15.9. The number of aliphatic imine (C=N–C) groups is 1. The number of amides is 1. The van der Waals surface area contributed by atoms with Crippen molar-refractivity contribution >= 4 is 39.6 Å². The predicted molar refractivity (Wildman–Crippen MR) is 181 cm³/mol. The van der Waals surface area contributed by atoms with Crippen LogP contribution < -0.4 is 16.0 Å². The van der Waals surface area contributed by atoms with Crippen molar-refractivity contribution in [2.75, 3.05) is 61.0 Å². The molecule has 1 aromatic carbocycles. The molecule has 1 heterocycles. The second-order valence-corrected chi connectivity index (χ2v) is 12.6. The van der Waals surface area contributed by atoms with Gasteiger partial charge in [-0.05, 0) is 53.6 Å². The van der Waals surface area contributed by atoms with E-state index in [1.54, 1.807) is 39.9 Å². The van der Waals surface area contributed by atoms with E-state index in [0.29, 0.717) is 31.2 Å². The molecule has 1 saturated heterocycles. The monoisotopic (exact) mass is 647 g/mol. The number of rotatable bonds is 12. The summed E-state index contributed by atoms with van der Waals surface area (Å²) in [6.07, 6.45) is 10.9. The van der Waals surface area contributed by atoms with Crippen molar-refractivity contribution in [1.29, 1.82) is 0 Å². The number of allylic oxidation sites excluding steroid dienone is 1. The molecular weight excluding hydrogens is 602 g/mol. The third-order valence-corrected chi connectivity index (χ3v) is 9.42. The lowest BCUT2D eigenvalue weighted by Gasteiger charge is -2.43. The molecule has 1 aliphatic carbocycles. The van der Waals surface area contributed by atoms with E-state index < -0.39 is 16.3 Å². The molecule has 1 aromatic rings. The zero-order chi connectivity index (χ0) is 32.9.